The highest BCUT2D eigenvalue weighted by Gasteiger charge is 2.13. The van der Waals surface area contributed by atoms with E-state index in [0.29, 0.717) is 6.42 Å². The molecule has 5 nitrogen and oxygen atoms in total. The lowest BCUT2D eigenvalue weighted by Gasteiger charge is -2.06. The summed E-state index contributed by atoms with van der Waals surface area (Å²) in [6.07, 6.45) is 3.99. The molecule has 0 atom stereocenters. The Balaban J connectivity index is 1.73. The van der Waals surface area contributed by atoms with Crippen molar-refractivity contribution in [2.45, 2.75) is 12.8 Å². The number of hydrogen-bond donors (Lipinski definition) is 3. The van der Waals surface area contributed by atoms with Crippen molar-refractivity contribution in [1.29, 1.82) is 0 Å². The van der Waals surface area contributed by atoms with Gasteiger partial charge < -0.3 is 15.4 Å². The summed E-state index contributed by atoms with van der Waals surface area (Å²) in [5, 5.41) is 12.8. The number of aromatic nitrogens is 1. The number of carboxylic acids is 1. The van der Waals surface area contributed by atoms with Crippen LogP contribution in [0.4, 0.5) is 0 Å². The summed E-state index contributed by atoms with van der Waals surface area (Å²) in [7, 11) is 0. The molecule has 1 amide bonds. The van der Waals surface area contributed by atoms with E-state index in [9.17, 15) is 14.7 Å². The first-order chi connectivity index (χ1) is 12.1. The zero-order valence-electron chi connectivity index (χ0n) is 13.5. The first-order valence-electron chi connectivity index (χ1n) is 7.98. The lowest BCUT2D eigenvalue weighted by molar-refractivity contribution is -0.134. The maximum absolute atomic E-state index is 12.1. The van der Waals surface area contributed by atoms with Gasteiger partial charge in [-0.1, -0.05) is 48.5 Å². The fourth-order valence-corrected chi connectivity index (χ4v) is 2.64. The van der Waals surface area contributed by atoms with E-state index in [1.165, 1.54) is 6.08 Å². The molecule has 0 aliphatic rings. The van der Waals surface area contributed by atoms with Gasteiger partial charge in [0.25, 0.3) is 0 Å². The molecule has 0 aliphatic heterocycles. The second-order valence-corrected chi connectivity index (χ2v) is 5.69. The van der Waals surface area contributed by atoms with Gasteiger partial charge in [0.05, 0.1) is 0 Å². The van der Waals surface area contributed by atoms with E-state index in [0.717, 1.165) is 22.0 Å². The van der Waals surface area contributed by atoms with Gasteiger partial charge in [-0.3, -0.25) is 4.79 Å². The number of carbonyl (C=O) groups is 2. The van der Waals surface area contributed by atoms with E-state index in [1.54, 1.807) is 6.20 Å². The van der Waals surface area contributed by atoms with Crippen molar-refractivity contribution in [2.75, 3.05) is 0 Å². The smallest absolute Gasteiger partial charge is 0.352 e. The van der Waals surface area contributed by atoms with E-state index in [2.05, 4.69) is 10.3 Å². The van der Waals surface area contributed by atoms with Crippen LogP contribution in [-0.4, -0.2) is 22.0 Å². The second kappa shape index (κ2) is 7.49. The normalized spacial score (nSPS) is 11.4. The molecule has 3 N–H and O–H groups in total. The van der Waals surface area contributed by atoms with Crippen LogP contribution in [-0.2, 0) is 16.0 Å². The van der Waals surface area contributed by atoms with Gasteiger partial charge in [-0.15, -0.1) is 0 Å². The summed E-state index contributed by atoms with van der Waals surface area (Å²) in [6, 6.07) is 17.2. The van der Waals surface area contributed by atoms with Crippen molar-refractivity contribution in [1.82, 2.24) is 10.3 Å². The first kappa shape index (κ1) is 16.5. The summed E-state index contributed by atoms with van der Waals surface area (Å²) in [6.45, 7) is 0. The van der Waals surface area contributed by atoms with Gasteiger partial charge in [-0.2, -0.15) is 0 Å². The average Bonchev–Trinajstić information content (AvgIpc) is 3.03. The molecule has 0 fully saturated rings. The number of H-pyrrole nitrogens is 1. The highest BCUT2D eigenvalue weighted by molar-refractivity contribution is 5.99. The SMILES string of the molecule is O=C(CCc1ccccc1)N/C(=C\c1c[nH]c2ccccc12)C(=O)O. The third-order valence-electron chi connectivity index (χ3n) is 3.91. The molecule has 0 bridgehead atoms. The zero-order chi connectivity index (χ0) is 17.6. The Labute approximate surface area is 145 Å². The summed E-state index contributed by atoms with van der Waals surface area (Å²) in [4.78, 5) is 26.7. The molecule has 0 aliphatic carbocycles. The van der Waals surface area contributed by atoms with Crippen molar-refractivity contribution in [3.05, 3.63) is 77.6 Å². The Morgan fingerprint density at radius 2 is 1.76 bits per heavy atom. The number of rotatable bonds is 6. The van der Waals surface area contributed by atoms with Gasteiger partial charge in [0.1, 0.15) is 5.70 Å². The molecule has 0 saturated carbocycles. The average molecular weight is 334 g/mol. The molecule has 2 aromatic carbocycles. The summed E-state index contributed by atoms with van der Waals surface area (Å²) < 4.78 is 0. The number of carboxylic acid groups (broad SMARTS) is 1. The maximum atomic E-state index is 12.1. The summed E-state index contributed by atoms with van der Waals surface area (Å²) in [5.41, 5.74) is 2.53. The summed E-state index contributed by atoms with van der Waals surface area (Å²) >= 11 is 0. The van der Waals surface area contributed by atoms with Gasteiger partial charge in [-0.25, -0.2) is 4.79 Å². The molecule has 5 heteroatoms. The number of aromatic amines is 1. The predicted octanol–water partition coefficient (Wildman–Crippen LogP) is 3.34. The minimum Gasteiger partial charge on any atom is -0.477 e. The molecular formula is C20H18N2O3. The molecule has 25 heavy (non-hydrogen) atoms. The fraction of sp³-hybridized carbons (Fsp3) is 0.100. The van der Waals surface area contributed by atoms with Crippen LogP contribution in [0.5, 0.6) is 0 Å². The minimum absolute atomic E-state index is 0.136. The Kier molecular flexibility index (Phi) is 4.95. The van der Waals surface area contributed by atoms with Gasteiger partial charge in [-0.05, 0) is 24.1 Å². The quantitative estimate of drug-likeness (QED) is 0.605. The number of carbonyl (C=O) groups excluding carboxylic acids is 1. The molecule has 0 saturated heterocycles. The number of aliphatic carboxylic acids is 1. The zero-order valence-corrected chi connectivity index (χ0v) is 13.5. The number of aryl methyl sites for hydroxylation is 1. The van der Waals surface area contributed by atoms with Crippen LogP contribution in [0.3, 0.4) is 0 Å². The summed E-state index contributed by atoms with van der Waals surface area (Å²) in [5.74, 6) is -1.49. The van der Waals surface area contributed by atoms with Crippen LogP contribution in [0.1, 0.15) is 17.5 Å². The standard InChI is InChI=1S/C20H18N2O3/c23-19(11-10-14-6-2-1-3-7-14)22-18(20(24)25)12-15-13-21-17-9-5-4-8-16(15)17/h1-9,12-13,21H,10-11H2,(H,22,23)(H,24,25)/b18-12-. The molecular weight excluding hydrogens is 316 g/mol. The van der Waals surface area contributed by atoms with Crippen LogP contribution in [0.25, 0.3) is 17.0 Å². The third-order valence-corrected chi connectivity index (χ3v) is 3.91. The number of fused-ring (bicyclic) bond motifs is 1. The second-order valence-electron chi connectivity index (χ2n) is 5.69. The Bertz CT molecular complexity index is 926. The Morgan fingerprint density at radius 3 is 2.52 bits per heavy atom. The highest BCUT2D eigenvalue weighted by atomic mass is 16.4. The first-order valence-corrected chi connectivity index (χ1v) is 7.98. The van der Waals surface area contributed by atoms with Gasteiger partial charge >= 0.3 is 5.97 Å². The molecule has 3 aromatic rings. The van der Waals surface area contributed by atoms with Crippen molar-refractivity contribution >= 4 is 28.9 Å². The minimum atomic E-state index is -1.17. The van der Waals surface area contributed by atoms with Crippen molar-refractivity contribution < 1.29 is 14.7 Å². The van der Waals surface area contributed by atoms with E-state index < -0.39 is 5.97 Å². The molecule has 3 rings (SSSR count). The molecule has 1 aromatic heterocycles. The van der Waals surface area contributed by atoms with Crippen molar-refractivity contribution in [2.24, 2.45) is 0 Å². The lowest BCUT2D eigenvalue weighted by atomic mass is 10.1. The molecule has 1 heterocycles. The lowest BCUT2D eigenvalue weighted by Crippen LogP contribution is -2.27. The highest BCUT2D eigenvalue weighted by Crippen LogP contribution is 2.20. The molecule has 0 radical (unpaired) electrons. The third kappa shape index (κ3) is 4.14. The van der Waals surface area contributed by atoms with Crippen molar-refractivity contribution in [3.63, 3.8) is 0 Å². The van der Waals surface area contributed by atoms with Crippen LogP contribution < -0.4 is 5.32 Å². The van der Waals surface area contributed by atoms with Gasteiger partial charge in [0.2, 0.25) is 5.91 Å². The van der Waals surface area contributed by atoms with E-state index in [-0.39, 0.29) is 18.0 Å². The maximum Gasteiger partial charge on any atom is 0.352 e. The molecule has 126 valence electrons. The van der Waals surface area contributed by atoms with Crippen LogP contribution >= 0.6 is 0 Å². The van der Waals surface area contributed by atoms with E-state index in [1.807, 2.05) is 54.6 Å². The largest absolute Gasteiger partial charge is 0.477 e. The Morgan fingerprint density at radius 1 is 1.04 bits per heavy atom. The van der Waals surface area contributed by atoms with Gasteiger partial charge in [0, 0.05) is 29.1 Å². The van der Waals surface area contributed by atoms with Crippen LogP contribution in [0.15, 0.2) is 66.5 Å². The molecule has 0 unspecified atom stereocenters. The van der Waals surface area contributed by atoms with Crippen LogP contribution in [0.2, 0.25) is 0 Å². The predicted molar refractivity (Wildman–Crippen MR) is 96.8 cm³/mol. The van der Waals surface area contributed by atoms with Crippen molar-refractivity contribution in [3.8, 4) is 0 Å². The molecule has 0 spiro atoms. The number of amides is 1. The monoisotopic (exact) mass is 334 g/mol. The van der Waals surface area contributed by atoms with E-state index >= 15 is 0 Å². The topological polar surface area (TPSA) is 82.2 Å². The van der Waals surface area contributed by atoms with Gasteiger partial charge in [0.15, 0.2) is 0 Å². The Hall–Kier alpha value is -3.34. The number of benzene rings is 2. The van der Waals surface area contributed by atoms with E-state index in [4.69, 9.17) is 0 Å². The van der Waals surface area contributed by atoms with Crippen LogP contribution in [0, 0.1) is 0 Å². The number of hydrogen-bond acceptors (Lipinski definition) is 2. The fourth-order valence-electron chi connectivity index (χ4n) is 2.64. The number of para-hydroxylation sites is 1. The number of nitrogens with one attached hydrogen (secondary N) is 2.